The molecule has 0 amide bonds. The Kier molecular flexibility index (Phi) is 6.94. The van der Waals surface area contributed by atoms with Crippen molar-refractivity contribution in [2.75, 3.05) is 6.61 Å². The monoisotopic (exact) mass is 372 g/mol. The SMILES string of the molecule is C=Cc1ccc(C(=O)OCC(C)(C(C)=O)C(=O)OC2CCCCC2)c(C)c1. The lowest BCUT2D eigenvalue weighted by atomic mass is 9.87. The van der Waals surface area contributed by atoms with Gasteiger partial charge in [-0.1, -0.05) is 31.2 Å². The molecule has 27 heavy (non-hydrogen) atoms. The molecule has 1 aliphatic rings. The summed E-state index contributed by atoms with van der Waals surface area (Å²) >= 11 is 0. The number of rotatable bonds is 7. The molecule has 0 spiro atoms. The fraction of sp³-hybridized carbons (Fsp3) is 0.500. The predicted octanol–water partition coefficient (Wildman–Crippen LogP) is 4.27. The molecule has 0 aromatic heterocycles. The van der Waals surface area contributed by atoms with Crippen LogP contribution in [0.3, 0.4) is 0 Å². The molecular weight excluding hydrogens is 344 g/mol. The van der Waals surface area contributed by atoms with Crippen molar-refractivity contribution in [3.05, 3.63) is 41.5 Å². The molecule has 1 aliphatic carbocycles. The first kappa shape index (κ1) is 20.9. The highest BCUT2D eigenvalue weighted by molar-refractivity contribution is 6.03. The summed E-state index contributed by atoms with van der Waals surface area (Å²) in [6.45, 7) is 7.95. The Morgan fingerprint density at radius 2 is 1.89 bits per heavy atom. The third-order valence-corrected chi connectivity index (χ3v) is 5.25. The van der Waals surface area contributed by atoms with Gasteiger partial charge in [0, 0.05) is 0 Å². The van der Waals surface area contributed by atoms with E-state index in [-0.39, 0.29) is 18.5 Å². The number of aryl methyl sites for hydroxylation is 1. The number of hydrogen-bond donors (Lipinski definition) is 0. The van der Waals surface area contributed by atoms with Crippen LogP contribution in [-0.2, 0) is 19.1 Å². The minimum atomic E-state index is -1.50. The molecule has 0 bridgehead atoms. The molecule has 5 nitrogen and oxygen atoms in total. The standard InChI is InChI=1S/C22H28O5/c1-5-17-11-12-19(15(2)13-17)20(24)26-14-22(4,16(3)23)21(25)27-18-9-7-6-8-10-18/h5,11-13,18H,1,6-10,14H2,2-4H3. The fourth-order valence-electron chi connectivity index (χ4n) is 3.10. The van der Waals surface area contributed by atoms with Gasteiger partial charge in [-0.3, -0.25) is 9.59 Å². The van der Waals surface area contributed by atoms with Crippen LogP contribution in [0.5, 0.6) is 0 Å². The number of carbonyl (C=O) groups excluding carboxylic acids is 3. The van der Waals surface area contributed by atoms with Gasteiger partial charge in [0.15, 0.2) is 5.41 Å². The van der Waals surface area contributed by atoms with Crippen LogP contribution in [0.1, 0.15) is 67.4 Å². The van der Waals surface area contributed by atoms with E-state index in [1.165, 1.54) is 13.8 Å². The topological polar surface area (TPSA) is 69.7 Å². The van der Waals surface area contributed by atoms with E-state index < -0.39 is 17.4 Å². The first-order valence-corrected chi connectivity index (χ1v) is 9.40. The number of hydrogen-bond acceptors (Lipinski definition) is 5. The van der Waals surface area contributed by atoms with Crippen molar-refractivity contribution in [1.29, 1.82) is 0 Å². The normalized spacial score (nSPS) is 16.9. The van der Waals surface area contributed by atoms with E-state index in [0.717, 1.165) is 43.2 Å². The molecule has 0 aliphatic heterocycles. The third kappa shape index (κ3) is 5.06. The van der Waals surface area contributed by atoms with Gasteiger partial charge in [-0.2, -0.15) is 0 Å². The van der Waals surface area contributed by atoms with Crippen LogP contribution in [0.15, 0.2) is 24.8 Å². The largest absolute Gasteiger partial charge is 0.462 e. The maximum absolute atomic E-state index is 12.6. The minimum Gasteiger partial charge on any atom is -0.462 e. The van der Waals surface area contributed by atoms with E-state index >= 15 is 0 Å². The summed E-state index contributed by atoms with van der Waals surface area (Å²) in [7, 11) is 0. The van der Waals surface area contributed by atoms with Crippen LogP contribution >= 0.6 is 0 Å². The molecule has 0 saturated heterocycles. The molecule has 1 aromatic carbocycles. The first-order valence-electron chi connectivity index (χ1n) is 9.40. The molecular formula is C22H28O5. The van der Waals surface area contributed by atoms with E-state index in [1.54, 1.807) is 25.1 Å². The Morgan fingerprint density at radius 1 is 1.22 bits per heavy atom. The van der Waals surface area contributed by atoms with Gasteiger partial charge in [0.25, 0.3) is 0 Å². The molecule has 0 radical (unpaired) electrons. The Hall–Kier alpha value is -2.43. The first-order chi connectivity index (χ1) is 12.8. The summed E-state index contributed by atoms with van der Waals surface area (Å²) in [4.78, 5) is 37.2. The summed E-state index contributed by atoms with van der Waals surface area (Å²) < 4.78 is 10.9. The Bertz CT molecular complexity index is 730. The molecule has 2 rings (SSSR count). The average Bonchev–Trinajstić information content (AvgIpc) is 2.66. The summed E-state index contributed by atoms with van der Waals surface area (Å²) in [5.41, 5.74) is 0.537. The zero-order chi connectivity index (χ0) is 20.0. The van der Waals surface area contributed by atoms with Crippen molar-refractivity contribution in [1.82, 2.24) is 0 Å². The van der Waals surface area contributed by atoms with Gasteiger partial charge >= 0.3 is 11.9 Å². The van der Waals surface area contributed by atoms with Crippen molar-refractivity contribution in [3.63, 3.8) is 0 Å². The lowest BCUT2D eigenvalue weighted by Gasteiger charge is -2.29. The number of carbonyl (C=O) groups is 3. The summed E-state index contributed by atoms with van der Waals surface area (Å²) in [6.07, 6.45) is 6.33. The maximum atomic E-state index is 12.6. The zero-order valence-electron chi connectivity index (χ0n) is 16.4. The summed E-state index contributed by atoms with van der Waals surface area (Å²) in [6, 6.07) is 5.24. The quantitative estimate of drug-likeness (QED) is 0.528. The highest BCUT2D eigenvalue weighted by Gasteiger charge is 2.43. The van der Waals surface area contributed by atoms with Crippen molar-refractivity contribution < 1.29 is 23.9 Å². The summed E-state index contributed by atoms with van der Waals surface area (Å²) in [5, 5.41) is 0. The highest BCUT2D eigenvalue weighted by atomic mass is 16.6. The van der Waals surface area contributed by atoms with E-state index in [9.17, 15) is 14.4 Å². The fourth-order valence-corrected chi connectivity index (χ4v) is 3.10. The number of ketones is 1. The van der Waals surface area contributed by atoms with E-state index in [2.05, 4.69) is 6.58 Å². The Balaban J connectivity index is 2.06. The van der Waals surface area contributed by atoms with Crippen LogP contribution < -0.4 is 0 Å². The van der Waals surface area contributed by atoms with E-state index in [0.29, 0.717) is 5.56 Å². The zero-order valence-corrected chi connectivity index (χ0v) is 16.4. The van der Waals surface area contributed by atoms with Gasteiger partial charge in [-0.25, -0.2) is 4.79 Å². The number of Topliss-reactive ketones (excluding diaryl/α,β-unsaturated/α-hetero) is 1. The molecule has 5 heteroatoms. The second-order valence-electron chi connectivity index (χ2n) is 7.41. The van der Waals surface area contributed by atoms with Crippen LogP contribution in [0.2, 0.25) is 0 Å². The Labute approximate surface area is 160 Å². The van der Waals surface area contributed by atoms with Crippen LogP contribution in [0.4, 0.5) is 0 Å². The molecule has 1 aromatic rings. The molecule has 0 heterocycles. The second kappa shape index (κ2) is 8.98. The van der Waals surface area contributed by atoms with Gasteiger partial charge in [0.2, 0.25) is 0 Å². The van der Waals surface area contributed by atoms with Crippen molar-refractivity contribution in [3.8, 4) is 0 Å². The van der Waals surface area contributed by atoms with E-state index in [4.69, 9.17) is 9.47 Å². The van der Waals surface area contributed by atoms with Crippen molar-refractivity contribution in [2.24, 2.45) is 5.41 Å². The Morgan fingerprint density at radius 3 is 2.44 bits per heavy atom. The number of ether oxygens (including phenoxy) is 2. The van der Waals surface area contributed by atoms with Crippen LogP contribution in [0, 0.1) is 12.3 Å². The average molecular weight is 372 g/mol. The van der Waals surface area contributed by atoms with Crippen LogP contribution in [-0.4, -0.2) is 30.4 Å². The predicted molar refractivity (Wildman–Crippen MR) is 103 cm³/mol. The van der Waals surface area contributed by atoms with Gasteiger partial charge < -0.3 is 9.47 Å². The highest BCUT2D eigenvalue weighted by Crippen LogP contribution is 2.27. The van der Waals surface area contributed by atoms with Gasteiger partial charge in [0.05, 0.1) is 5.56 Å². The van der Waals surface area contributed by atoms with Crippen LogP contribution in [0.25, 0.3) is 6.08 Å². The number of benzene rings is 1. The van der Waals surface area contributed by atoms with Gasteiger partial charge in [-0.05, 0) is 63.6 Å². The molecule has 1 saturated carbocycles. The molecule has 1 unspecified atom stereocenters. The smallest absolute Gasteiger partial charge is 0.338 e. The number of esters is 2. The van der Waals surface area contributed by atoms with Crippen molar-refractivity contribution in [2.45, 2.75) is 59.0 Å². The lowest BCUT2D eigenvalue weighted by molar-refractivity contribution is -0.167. The van der Waals surface area contributed by atoms with E-state index in [1.807, 2.05) is 6.07 Å². The third-order valence-electron chi connectivity index (χ3n) is 5.25. The lowest BCUT2D eigenvalue weighted by Crippen LogP contribution is -2.43. The van der Waals surface area contributed by atoms with Gasteiger partial charge in [-0.15, -0.1) is 0 Å². The molecule has 0 N–H and O–H groups in total. The maximum Gasteiger partial charge on any atom is 0.338 e. The minimum absolute atomic E-state index is 0.158. The molecule has 1 atom stereocenters. The second-order valence-corrected chi connectivity index (χ2v) is 7.41. The van der Waals surface area contributed by atoms with Crippen molar-refractivity contribution >= 4 is 23.8 Å². The summed E-state index contributed by atoms with van der Waals surface area (Å²) in [5.74, 6) is -1.57. The van der Waals surface area contributed by atoms with Gasteiger partial charge in [0.1, 0.15) is 18.5 Å². The molecule has 1 fully saturated rings. The molecule has 146 valence electrons.